The molecule has 0 saturated heterocycles. The lowest BCUT2D eigenvalue weighted by molar-refractivity contribution is 0.0941. The molecule has 5 aromatic rings. The molecule has 0 fully saturated rings. The Kier molecular flexibility index (Phi) is 6.24. The first-order chi connectivity index (χ1) is 19.4. The minimum Gasteiger partial charge on any atom is -0.381 e. The number of pyridine rings is 1. The molecular formula is C30H25FN8O. The van der Waals surface area contributed by atoms with Crippen molar-refractivity contribution in [3.8, 4) is 23.1 Å². The molecule has 198 valence electrons. The van der Waals surface area contributed by atoms with Gasteiger partial charge in [-0.2, -0.15) is 5.10 Å². The van der Waals surface area contributed by atoms with Crippen LogP contribution in [0, 0.1) is 17.7 Å². The molecule has 1 unspecified atom stereocenters. The fraction of sp³-hybridized carbons (Fsp3) is 0.133. The largest absolute Gasteiger partial charge is 0.381 e. The summed E-state index contributed by atoms with van der Waals surface area (Å²) in [6, 6.07) is 13.4. The van der Waals surface area contributed by atoms with Crippen molar-refractivity contribution < 1.29 is 9.18 Å². The van der Waals surface area contributed by atoms with Gasteiger partial charge in [-0.25, -0.2) is 14.1 Å². The first kappa shape index (κ1) is 24.9. The molecule has 2 aromatic carbocycles. The van der Waals surface area contributed by atoms with Crippen LogP contribution in [0.15, 0.2) is 67.0 Å². The molecule has 0 bridgehead atoms. The number of rotatable bonds is 4. The number of anilines is 2. The molecular weight excluding hydrogens is 507 g/mol. The van der Waals surface area contributed by atoms with Crippen LogP contribution in [0.3, 0.4) is 0 Å². The van der Waals surface area contributed by atoms with E-state index in [0.717, 1.165) is 22.1 Å². The predicted octanol–water partition coefficient (Wildman–Crippen LogP) is 4.34. The number of hydrogen-bond donors (Lipinski definition) is 3. The average molecular weight is 533 g/mol. The maximum absolute atomic E-state index is 13.8. The summed E-state index contributed by atoms with van der Waals surface area (Å²) in [5.41, 5.74) is 10.7. The highest BCUT2D eigenvalue weighted by Crippen LogP contribution is 2.32. The SMILES string of the molecule is CC(NC(=O)c1c(N)nn2c1NCC=C2)c1cc2cccc(C#Cc3cnn(C)c3)c2nc1-c1ccc(F)cc1. The highest BCUT2D eigenvalue weighted by atomic mass is 19.1. The van der Waals surface area contributed by atoms with Gasteiger partial charge in [-0.15, -0.1) is 5.10 Å². The summed E-state index contributed by atoms with van der Waals surface area (Å²) in [6.07, 6.45) is 7.19. The number of hydrogen-bond acceptors (Lipinski definition) is 6. The highest BCUT2D eigenvalue weighted by molar-refractivity contribution is 6.04. The molecule has 0 radical (unpaired) electrons. The fourth-order valence-electron chi connectivity index (χ4n) is 4.72. The van der Waals surface area contributed by atoms with E-state index in [1.807, 2.05) is 50.5 Å². The smallest absolute Gasteiger partial charge is 0.259 e. The average Bonchev–Trinajstić information content (AvgIpc) is 3.52. The zero-order valence-corrected chi connectivity index (χ0v) is 21.8. The highest BCUT2D eigenvalue weighted by Gasteiger charge is 2.25. The summed E-state index contributed by atoms with van der Waals surface area (Å²) in [5.74, 6) is 6.30. The van der Waals surface area contributed by atoms with Crippen LogP contribution in [0.2, 0.25) is 0 Å². The van der Waals surface area contributed by atoms with Gasteiger partial charge in [0.1, 0.15) is 17.2 Å². The van der Waals surface area contributed by atoms with Crippen molar-refractivity contribution in [2.75, 3.05) is 17.6 Å². The Balaban J connectivity index is 1.42. The van der Waals surface area contributed by atoms with Gasteiger partial charge in [0.15, 0.2) is 5.82 Å². The number of nitrogens with one attached hydrogen (secondary N) is 2. The first-order valence-electron chi connectivity index (χ1n) is 12.7. The van der Waals surface area contributed by atoms with Gasteiger partial charge >= 0.3 is 0 Å². The van der Waals surface area contributed by atoms with Crippen LogP contribution in [0.1, 0.15) is 40.0 Å². The molecule has 0 spiro atoms. The van der Waals surface area contributed by atoms with E-state index in [9.17, 15) is 9.18 Å². The Morgan fingerprint density at radius 2 is 2.02 bits per heavy atom. The molecule has 0 saturated carbocycles. The second-order valence-electron chi connectivity index (χ2n) is 9.48. The van der Waals surface area contributed by atoms with Crippen LogP contribution in [0.5, 0.6) is 0 Å². The van der Waals surface area contributed by atoms with Gasteiger partial charge in [-0.1, -0.05) is 24.0 Å². The lowest BCUT2D eigenvalue weighted by atomic mass is 9.97. The Morgan fingerprint density at radius 3 is 2.80 bits per heavy atom. The van der Waals surface area contributed by atoms with Crippen molar-refractivity contribution in [1.29, 1.82) is 0 Å². The summed E-state index contributed by atoms with van der Waals surface area (Å²) in [6.45, 7) is 2.44. The second kappa shape index (κ2) is 10.0. The maximum atomic E-state index is 13.8. The zero-order valence-electron chi connectivity index (χ0n) is 21.8. The summed E-state index contributed by atoms with van der Waals surface area (Å²) >= 11 is 0. The van der Waals surface area contributed by atoms with Crippen LogP contribution in [0.4, 0.5) is 16.0 Å². The number of carbonyl (C=O) groups excluding carboxylic acids is 1. The van der Waals surface area contributed by atoms with Crippen LogP contribution in [-0.4, -0.2) is 37.0 Å². The predicted molar refractivity (Wildman–Crippen MR) is 153 cm³/mol. The van der Waals surface area contributed by atoms with E-state index >= 15 is 0 Å². The molecule has 0 aliphatic carbocycles. The third-order valence-electron chi connectivity index (χ3n) is 6.65. The van der Waals surface area contributed by atoms with Gasteiger partial charge in [-0.05, 0) is 49.4 Å². The number of halogens is 1. The van der Waals surface area contributed by atoms with Crippen molar-refractivity contribution in [2.45, 2.75) is 13.0 Å². The Labute approximate surface area is 229 Å². The molecule has 1 atom stereocenters. The van der Waals surface area contributed by atoms with Crippen molar-refractivity contribution in [1.82, 2.24) is 29.9 Å². The van der Waals surface area contributed by atoms with Crippen molar-refractivity contribution >= 4 is 34.6 Å². The zero-order chi connectivity index (χ0) is 27.8. The van der Waals surface area contributed by atoms with Gasteiger partial charge in [0, 0.05) is 42.5 Å². The molecule has 10 heteroatoms. The molecule has 4 heterocycles. The molecule has 1 amide bonds. The van der Waals surface area contributed by atoms with Crippen LogP contribution in [0.25, 0.3) is 28.4 Å². The van der Waals surface area contributed by atoms with Crippen molar-refractivity contribution in [3.05, 3.63) is 95.1 Å². The lowest BCUT2D eigenvalue weighted by Crippen LogP contribution is -2.28. The summed E-state index contributed by atoms with van der Waals surface area (Å²) in [5, 5.41) is 15.5. The molecule has 1 aliphatic rings. The van der Waals surface area contributed by atoms with E-state index in [0.29, 0.717) is 29.1 Å². The number of benzene rings is 2. The Hall–Kier alpha value is -5.43. The maximum Gasteiger partial charge on any atom is 0.259 e. The topological polar surface area (TPSA) is 116 Å². The van der Waals surface area contributed by atoms with Crippen LogP contribution < -0.4 is 16.4 Å². The third-order valence-corrected chi connectivity index (χ3v) is 6.65. The fourth-order valence-corrected chi connectivity index (χ4v) is 4.72. The number of fused-ring (bicyclic) bond motifs is 2. The number of amides is 1. The summed E-state index contributed by atoms with van der Waals surface area (Å²) < 4.78 is 17.1. The lowest BCUT2D eigenvalue weighted by Gasteiger charge is -2.20. The standard InChI is InChI=1S/C30H25FN8O/c1-18(35-30(40)25-28(32)37-39-14-4-13-33-29(25)39)24-15-22-6-3-5-20(8-7-19-16-34-38(2)17-19)26(22)36-27(24)21-9-11-23(31)12-10-21/h3-6,9-12,14-18,33H,13H2,1-2H3,(H2,32,37)(H,35,40). The van der Waals surface area contributed by atoms with Gasteiger partial charge in [0.25, 0.3) is 5.91 Å². The first-order valence-corrected chi connectivity index (χ1v) is 12.7. The van der Waals surface area contributed by atoms with Crippen LogP contribution >= 0.6 is 0 Å². The number of para-hydroxylation sites is 1. The number of nitrogens with zero attached hydrogens (tertiary/aromatic N) is 5. The van der Waals surface area contributed by atoms with E-state index in [4.69, 9.17) is 10.7 Å². The molecule has 40 heavy (non-hydrogen) atoms. The monoisotopic (exact) mass is 532 g/mol. The van der Waals surface area contributed by atoms with E-state index < -0.39 is 6.04 Å². The normalized spacial score (nSPS) is 12.8. The summed E-state index contributed by atoms with van der Waals surface area (Å²) in [4.78, 5) is 18.4. The molecule has 4 N–H and O–H groups in total. The van der Waals surface area contributed by atoms with E-state index in [-0.39, 0.29) is 23.1 Å². The number of aromatic nitrogens is 5. The molecule has 3 aromatic heterocycles. The van der Waals surface area contributed by atoms with Gasteiger partial charge < -0.3 is 16.4 Å². The molecule has 1 aliphatic heterocycles. The van der Waals surface area contributed by atoms with E-state index in [1.165, 1.54) is 12.1 Å². The van der Waals surface area contributed by atoms with E-state index in [1.54, 1.807) is 33.9 Å². The van der Waals surface area contributed by atoms with Gasteiger partial charge in [0.05, 0.1) is 34.6 Å². The number of carbonyl (C=O) groups is 1. The minimum absolute atomic E-state index is 0.131. The number of aryl methyl sites for hydroxylation is 1. The third kappa shape index (κ3) is 4.65. The Morgan fingerprint density at radius 1 is 1.20 bits per heavy atom. The second-order valence-corrected chi connectivity index (χ2v) is 9.48. The molecule has 9 nitrogen and oxygen atoms in total. The van der Waals surface area contributed by atoms with Gasteiger partial charge in [-0.3, -0.25) is 9.48 Å². The minimum atomic E-state index is -0.469. The summed E-state index contributed by atoms with van der Waals surface area (Å²) in [7, 11) is 1.84. The van der Waals surface area contributed by atoms with Gasteiger partial charge in [0.2, 0.25) is 0 Å². The van der Waals surface area contributed by atoms with Crippen molar-refractivity contribution in [3.63, 3.8) is 0 Å². The van der Waals surface area contributed by atoms with Crippen LogP contribution in [-0.2, 0) is 7.05 Å². The Bertz CT molecular complexity index is 1860. The van der Waals surface area contributed by atoms with Crippen molar-refractivity contribution in [2.24, 2.45) is 7.05 Å². The molecule has 6 rings (SSSR count). The quantitative estimate of drug-likeness (QED) is 0.297. The number of nitrogen functional groups attached to an aromatic ring is 1. The van der Waals surface area contributed by atoms with E-state index in [2.05, 4.69) is 32.7 Å². The number of nitrogens with two attached hydrogens (primary N) is 1.